The number of likely N-dealkylation sites (tertiary alicyclic amines) is 1. The standard InChI is InChI=1S/C20H24N4OS/c1-16-10-6-7-13-23(16)14-8-9-15-24-20(26-17(2)22-24)21-19(25)18-11-4-3-5-12-18/h3-5,11-12,16H,6-7,10,13-15H2,1-2H3. The third-order valence-corrected chi connectivity index (χ3v) is 5.38. The van der Waals surface area contributed by atoms with E-state index in [1.165, 1.54) is 30.6 Å². The van der Waals surface area contributed by atoms with Crippen LogP contribution in [-0.2, 0) is 6.54 Å². The molecular weight excluding hydrogens is 344 g/mol. The van der Waals surface area contributed by atoms with Crippen molar-refractivity contribution in [2.75, 3.05) is 13.1 Å². The van der Waals surface area contributed by atoms with Gasteiger partial charge in [0.25, 0.3) is 5.91 Å². The first-order valence-corrected chi connectivity index (χ1v) is 9.83. The molecule has 0 N–H and O–H groups in total. The molecule has 6 heteroatoms. The number of hydrogen-bond acceptors (Lipinski definition) is 4. The SMILES string of the molecule is Cc1nn(CC#CCN2CCCCC2C)c(=NC(=O)c2ccccc2)s1. The Balaban J connectivity index is 1.69. The summed E-state index contributed by atoms with van der Waals surface area (Å²) in [5.74, 6) is 6.18. The van der Waals surface area contributed by atoms with Crippen molar-refractivity contribution in [3.05, 3.63) is 45.7 Å². The fraction of sp³-hybridized carbons (Fsp3) is 0.450. The van der Waals surface area contributed by atoms with E-state index < -0.39 is 0 Å². The molecule has 2 aromatic rings. The summed E-state index contributed by atoms with van der Waals surface area (Å²) >= 11 is 1.41. The first-order chi connectivity index (χ1) is 12.6. The van der Waals surface area contributed by atoms with E-state index in [4.69, 9.17) is 0 Å². The molecule has 1 fully saturated rings. The number of nitrogens with zero attached hydrogens (tertiary/aromatic N) is 4. The van der Waals surface area contributed by atoms with Crippen molar-refractivity contribution < 1.29 is 4.79 Å². The minimum Gasteiger partial charge on any atom is -0.290 e. The van der Waals surface area contributed by atoms with E-state index in [0.717, 1.165) is 18.1 Å². The normalized spacial score (nSPS) is 18.4. The van der Waals surface area contributed by atoms with Crippen LogP contribution in [0.5, 0.6) is 0 Å². The summed E-state index contributed by atoms with van der Waals surface area (Å²) in [6.07, 6.45) is 3.84. The summed E-state index contributed by atoms with van der Waals surface area (Å²) in [4.78, 5) is 19.6. The molecule has 1 aromatic heterocycles. The van der Waals surface area contributed by atoms with Crippen LogP contribution >= 0.6 is 11.3 Å². The quantitative estimate of drug-likeness (QED) is 0.783. The van der Waals surface area contributed by atoms with Crippen LogP contribution in [0.3, 0.4) is 0 Å². The minimum atomic E-state index is -0.252. The largest absolute Gasteiger partial charge is 0.290 e. The van der Waals surface area contributed by atoms with E-state index in [1.54, 1.807) is 16.8 Å². The van der Waals surface area contributed by atoms with Gasteiger partial charge < -0.3 is 0 Å². The molecule has 1 atom stereocenters. The molecule has 0 bridgehead atoms. The molecule has 26 heavy (non-hydrogen) atoms. The summed E-state index contributed by atoms with van der Waals surface area (Å²) in [6, 6.07) is 9.70. The van der Waals surface area contributed by atoms with Gasteiger partial charge in [-0.3, -0.25) is 9.69 Å². The third kappa shape index (κ3) is 4.90. The molecule has 136 valence electrons. The number of benzene rings is 1. The highest BCUT2D eigenvalue weighted by Gasteiger charge is 2.16. The molecule has 1 aliphatic rings. The minimum absolute atomic E-state index is 0.252. The fourth-order valence-corrected chi connectivity index (χ4v) is 3.76. The van der Waals surface area contributed by atoms with E-state index >= 15 is 0 Å². The van der Waals surface area contributed by atoms with Crippen molar-refractivity contribution in [3.63, 3.8) is 0 Å². The van der Waals surface area contributed by atoms with Gasteiger partial charge in [-0.05, 0) is 45.4 Å². The Morgan fingerprint density at radius 3 is 2.81 bits per heavy atom. The number of rotatable bonds is 3. The second-order valence-electron chi connectivity index (χ2n) is 6.51. The van der Waals surface area contributed by atoms with Gasteiger partial charge in [-0.15, -0.1) is 0 Å². The summed E-state index contributed by atoms with van der Waals surface area (Å²) in [7, 11) is 0. The molecule has 1 amide bonds. The Bertz CT molecular complexity index is 872. The van der Waals surface area contributed by atoms with Crippen LogP contribution < -0.4 is 4.80 Å². The summed E-state index contributed by atoms with van der Waals surface area (Å²) < 4.78 is 1.72. The Morgan fingerprint density at radius 1 is 1.27 bits per heavy atom. The van der Waals surface area contributed by atoms with E-state index in [-0.39, 0.29) is 5.91 Å². The molecule has 0 radical (unpaired) electrons. The van der Waals surface area contributed by atoms with Gasteiger partial charge in [0.05, 0.1) is 6.54 Å². The highest BCUT2D eigenvalue weighted by atomic mass is 32.1. The van der Waals surface area contributed by atoms with E-state index in [9.17, 15) is 4.79 Å². The topological polar surface area (TPSA) is 50.5 Å². The molecule has 2 heterocycles. The van der Waals surface area contributed by atoms with Crippen LogP contribution in [0.4, 0.5) is 0 Å². The molecule has 1 aromatic carbocycles. The zero-order valence-electron chi connectivity index (χ0n) is 15.3. The van der Waals surface area contributed by atoms with Crippen molar-refractivity contribution in [1.29, 1.82) is 0 Å². The summed E-state index contributed by atoms with van der Waals surface area (Å²) in [5.41, 5.74) is 0.579. The number of aryl methyl sites for hydroxylation is 1. The zero-order valence-corrected chi connectivity index (χ0v) is 16.1. The molecule has 5 nitrogen and oxygen atoms in total. The Morgan fingerprint density at radius 2 is 2.04 bits per heavy atom. The van der Waals surface area contributed by atoms with Gasteiger partial charge in [-0.2, -0.15) is 10.1 Å². The number of piperidine rings is 1. The molecule has 3 rings (SSSR count). The Hall–Kier alpha value is -2.23. The highest BCUT2D eigenvalue weighted by molar-refractivity contribution is 7.08. The monoisotopic (exact) mass is 368 g/mol. The highest BCUT2D eigenvalue weighted by Crippen LogP contribution is 2.15. The van der Waals surface area contributed by atoms with E-state index in [2.05, 4.69) is 33.8 Å². The molecule has 1 saturated heterocycles. The van der Waals surface area contributed by atoms with Crippen molar-refractivity contribution in [2.45, 2.75) is 45.7 Å². The van der Waals surface area contributed by atoms with Crippen LogP contribution in [0.15, 0.2) is 35.3 Å². The smallest absolute Gasteiger partial charge is 0.279 e. The summed E-state index contributed by atoms with van der Waals surface area (Å²) in [6.45, 7) is 6.56. The lowest BCUT2D eigenvalue weighted by molar-refractivity contribution is 0.0997. The predicted molar refractivity (Wildman–Crippen MR) is 104 cm³/mol. The molecule has 0 aliphatic carbocycles. The average Bonchev–Trinajstić information content (AvgIpc) is 3.00. The van der Waals surface area contributed by atoms with Gasteiger partial charge >= 0.3 is 0 Å². The summed E-state index contributed by atoms with van der Waals surface area (Å²) in [5, 5.41) is 5.30. The molecule has 1 aliphatic heterocycles. The predicted octanol–water partition coefficient (Wildman–Crippen LogP) is 2.87. The maximum Gasteiger partial charge on any atom is 0.279 e. The number of carbonyl (C=O) groups is 1. The second kappa shape index (κ2) is 8.93. The van der Waals surface area contributed by atoms with Crippen LogP contribution in [0.2, 0.25) is 0 Å². The maximum atomic E-state index is 12.3. The van der Waals surface area contributed by atoms with Crippen LogP contribution in [0, 0.1) is 18.8 Å². The van der Waals surface area contributed by atoms with Gasteiger partial charge in [0.2, 0.25) is 4.80 Å². The number of carbonyl (C=O) groups excluding carboxylic acids is 1. The number of amides is 1. The zero-order chi connectivity index (χ0) is 18.4. The van der Waals surface area contributed by atoms with E-state index in [0.29, 0.717) is 23.0 Å². The Kier molecular flexibility index (Phi) is 6.37. The first kappa shape index (κ1) is 18.6. The van der Waals surface area contributed by atoms with Crippen molar-refractivity contribution in [2.24, 2.45) is 4.99 Å². The molecule has 0 spiro atoms. The lowest BCUT2D eigenvalue weighted by Gasteiger charge is -2.31. The van der Waals surface area contributed by atoms with E-state index in [1.807, 2.05) is 25.1 Å². The average molecular weight is 369 g/mol. The van der Waals surface area contributed by atoms with Gasteiger partial charge in [0.1, 0.15) is 11.6 Å². The van der Waals surface area contributed by atoms with Crippen LogP contribution in [-0.4, -0.2) is 39.7 Å². The maximum absolute atomic E-state index is 12.3. The van der Waals surface area contributed by atoms with Gasteiger partial charge in [-0.25, -0.2) is 4.68 Å². The molecule has 0 saturated carbocycles. The van der Waals surface area contributed by atoms with Crippen molar-refractivity contribution in [3.8, 4) is 11.8 Å². The van der Waals surface area contributed by atoms with Gasteiger partial charge in [0, 0.05) is 11.6 Å². The lowest BCUT2D eigenvalue weighted by atomic mass is 10.0. The first-order valence-electron chi connectivity index (χ1n) is 9.02. The lowest BCUT2D eigenvalue weighted by Crippen LogP contribution is -2.37. The number of hydrogen-bond donors (Lipinski definition) is 0. The Labute approximate surface area is 158 Å². The van der Waals surface area contributed by atoms with Crippen LogP contribution in [0.25, 0.3) is 0 Å². The second-order valence-corrected chi connectivity index (χ2v) is 7.67. The van der Waals surface area contributed by atoms with Gasteiger partial charge in [-0.1, -0.05) is 47.8 Å². The van der Waals surface area contributed by atoms with Crippen molar-refractivity contribution in [1.82, 2.24) is 14.7 Å². The van der Waals surface area contributed by atoms with Crippen LogP contribution in [0.1, 0.15) is 41.6 Å². The van der Waals surface area contributed by atoms with Crippen molar-refractivity contribution >= 4 is 17.2 Å². The fourth-order valence-electron chi connectivity index (χ4n) is 3.01. The van der Waals surface area contributed by atoms with Gasteiger partial charge in [0.15, 0.2) is 0 Å². The molecular formula is C20H24N4OS. The number of aromatic nitrogens is 2. The third-order valence-electron chi connectivity index (χ3n) is 4.52. The molecule has 1 unspecified atom stereocenters.